The monoisotopic (exact) mass is 326 g/mol. The van der Waals surface area contributed by atoms with Crippen molar-refractivity contribution in [2.45, 2.75) is 39.3 Å². The summed E-state index contributed by atoms with van der Waals surface area (Å²) in [4.78, 5) is 18.4. The third-order valence-electron chi connectivity index (χ3n) is 3.77. The predicted octanol–water partition coefficient (Wildman–Crippen LogP) is 3.17. The van der Waals surface area contributed by atoms with Crippen LogP contribution in [-0.2, 0) is 11.3 Å². The van der Waals surface area contributed by atoms with Gasteiger partial charge in [-0.05, 0) is 44.5 Å². The third-order valence-corrected chi connectivity index (χ3v) is 3.77. The quantitative estimate of drug-likeness (QED) is 0.781. The molecule has 128 valence electrons. The van der Waals surface area contributed by atoms with E-state index >= 15 is 0 Å². The summed E-state index contributed by atoms with van der Waals surface area (Å²) in [5.41, 5.74) is 7.70. The van der Waals surface area contributed by atoms with Crippen molar-refractivity contribution in [1.82, 2.24) is 4.98 Å². The van der Waals surface area contributed by atoms with E-state index in [1.165, 1.54) is 5.56 Å². The highest BCUT2D eigenvalue weighted by Crippen LogP contribution is 2.20. The zero-order chi connectivity index (χ0) is 17.4. The Morgan fingerprint density at radius 2 is 1.96 bits per heavy atom. The van der Waals surface area contributed by atoms with Gasteiger partial charge in [0.05, 0.1) is 11.9 Å². The molecule has 2 aromatic rings. The van der Waals surface area contributed by atoms with Crippen LogP contribution in [0.15, 0.2) is 48.7 Å². The molecule has 0 unspecified atom stereocenters. The number of nitrogens with zero attached hydrogens (tertiary/aromatic N) is 2. The van der Waals surface area contributed by atoms with Crippen LogP contribution in [0.3, 0.4) is 0 Å². The lowest BCUT2D eigenvalue weighted by atomic mass is 10.1. The summed E-state index contributed by atoms with van der Waals surface area (Å²) < 4.78 is 0. The van der Waals surface area contributed by atoms with Gasteiger partial charge in [0.25, 0.3) is 0 Å². The molecule has 0 atom stereocenters. The maximum atomic E-state index is 11.7. The fourth-order valence-corrected chi connectivity index (χ4v) is 2.45. The van der Waals surface area contributed by atoms with Crippen LogP contribution in [0.5, 0.6) is 0 Å². The van der Waals surface area contributed by atoms with Crippen molar-refractivity contribution in [2.24, 2.45) is 5.73 Å². The first kappa shape index (κ1) is 17.9. The first-order valence-corrected chi connectivity index (χ1v) is 8.36. The standard InChI is InChI=1S/C19H26N4O/c1-15(2)23(14-16-7-4-3-5-8-16)17-10-11-18(21-13-17)22-19(24)9-6-12-20/h3-5,7-8,10-11,13,15H,6,9,12,14,20H2,1-2H3,(H,21,22,24). The highest BCUT2D eigenvalue weighted by atomic mass is 16.1. The minimum absolute atomic E-state index is 0.0503. The second-order valence-corrected chi connectivity index (χ2v) is 6.05. The van der Waals surface area contributed by atoms with Crippen molar-refractivity contribution >= 4 is 17.4 Å². The van der Waals surface area contributed by atoms with E-state index in [4.69, 9.17) is 5.73 Å². The molecule has 5 nitrogen and oxygen atoms in total. The van der Waals surface area contributed by atoms with Gasteiger partial charge in [0, 0.05) is 19.0 Å². The smallest absolute Gasteiger partial charge is 0.225 e. The molecule has 2 rings (SSSR count). The Hall–Kier alpha value is -2.40. The number of hydrogen-bond acceptors (Lipinski definition) is 4. The van der Waals surface area contributed by atoms with Crippen molar-refractivity contribution in [3.05, 3.63) is 54.2 Å². The summed E-state index contributed by atoms with van der Waals surface area (Å²) in [5.74, 6) is 0.523. The van der Waals surface area contributed by atoms with Gasteiger partial charge in [-0.1, -0.05) is 30.3 Å². The molecular weight excluding hydrogens is 300 g/mol. The van der Waals surface area contributed by atoms with E-state index in [0.717, 1.165) is 12.2 Å². The molecule has 0 bridgehead atoms. The number of pyridine rings is 1. The molecular formula is C19H26N4O. The van der Waals surface area contributed by atoms with Gasteiger partial charge in [-0.15, -0.1) is 0 Å². The number of rotatable bonds is 8. The molecule has 0 radical (unpaired) electrons. The Labute approximate surface area is 143 Å². The lowest BCUT2D eigenvalue weighted by Gasteiger charge is -2.29. The first-order valence-electron chi connectivity index (χ1n) is 8.36. The van der Waals surface area contributed by atoms with Gasteiger partial charge in [0.2, 0.25) is 5.91 Å². The van der Waals surface area contributed by atoms with Crippen LogP contribution < -0.4 is 16.0 Å². The van der Waals surface area contributed by atoms with E-state index in [2.05, 4.69) is 41.2 Å². The topological polar surface area (TPSA) is 71.2 Å². The molecule has 5 heteroatoms. The Morgan fingerprint density at radius 1 is 1.21 bits per heavy atom. The highest BCUT2D eigenvalue weighted by molar-refractivity contribution is 5.89. The minimum atomic E-state index is -0.0503. The van der Waals surface area contributed by atoms with Crippen LogP contribution in [0.25, 0.3) is 0 Å². The maximum absolute atomic E-state index is 11.7. The van der Waals surface area contributed by atoms with E-state index < -0.39 is 0 Å². The van der Waals surface area contributed by atoms with Crippen molar-refractivity contribution in [3.63, 3.8) is 0 Å². The average Bonchev–Trinajstić information content (AvgIpc) is 2.59. The number of nitrogens with one attached hydrogen (secondary N) is 1. The molecule has 1 aromatic carbocycles. The SMILES string of the molecule is CC(C)N(Cc1ccccc1)c1ccc(NC(=O)CCCN)nc1. The van der Waals surface area contributed by atoms with Gasteiger partial charge in [-0.2, -0.15) is 0 Å². The second kappa shape index (κ2) is 9.03. The summed E-state index contributed by atoms with van der Waals surface area (Å²) >= 11 is 0. The molecule has 3 N–H and O–H groups in total. The number of aromatic nitrogens is 1. The van der Waals surface area contributed by atoms with Crippen LogP contribution in [0, 0.1) is 0 Å². The van der Waals surface area contributed by atoms with E-state index in [0.29, 0.717) is 31.2 Å². The fourth-order valence-electron chi connectivity index (χ4n) is 2.45. The maximum Gasteiger partial charge on any atom is 0.225 e. The number of carbonyl (C=O) groups excluding carboxylic acids is 1. The Morgan fingerprint density at radius 3 is 2.54 bits per heavy atom. The number of anilines is 2. The second-order valence-electron chi connectivity index (χ2n) is 6.05. The molecule has 1 aromatic heterocycles. The fraction of sp³-hybridized carbons (Fsp3) is 0.368. The largest absolute Gasteiger partial charge is 0.364 e. The van der Waals surface area contributed by atoms with Crippen LogP contribution >= 0.6 is 0 Å². The van der Waals surface area contributed by atoms with Crippen molar-refractivity contribution in [1.29, 1.82) is 0 Å². The molecule has 0 aliphatic rings. The highest BCUT2D eigenvalue weighted by Gasteiger charge is 2.12. The van der Waals surface area contributed by atoms with E-state index in [1.807, 2.05) is 36.5 Å². The molecule has 1 heterocycles. The van der Waals surface area contributed by atoms with Crippen molar-refractivity contribution in [3.8, 4) is 0 Å². The van der Waals surface area contributed by atoms with Gasteiger partial charge in [-0.3, -0.25) is 4.79 Å². The summed E-state index contributed by atoms with van der Waals surface area (Å²) in [5, 5.41) is 2.80. The molecule has 0 aliphatic heterocycles. The van der Waals surface area contributed by atoms with Crippen LogP contribution in [0.2, 0.25) is 0 Å². The predicted molar refractivity (Wildman–Crippen MR) is 98.9 cm³/mol. The number of nitrogens with two attached hydrogens (primary N) is 1. The van der Waals surface area contributed by atoms with E-state index in [-0.39, 0.29) is 5.91 Å². The number of carbonyl (C=O) groups is 1. The summed E-state index contributed by atoms with van der Waals surface area (Å²) in [6.07, 6.45) is 2.91. The van der Waals surface area contributed by atoms with Crippen molar-refractivity contribution in [2.75, 3.05) is 16.8 Å². The Balaban J connectivity index is 2.04. The summed E-state index contributed by atoms with van der Waals surface area (Å²) in [7, 11) is 0. The van der Waals surface area contributed by atoms with E-state index in [9.17, 15) is 4.79 Å². The zero-order valence-electron chi connectivity index (χ0n) is 14.4. The third kappa shape index (κ3) is 5.35. The molecule has 1 amide bonds. The Bertz CT molecular complexity index is 626. The van der Waals surface area contributed by atoms with Crippen LogP contribution in [0.4, 0.5) is 11.5 Å². The number of hydrogen-bond donors (Lipinski definition) is 2. The minimum Gasteiger partial charge on any atom is -0.364 e. The van der Waals surface area contributed by atoms with Crippen LogP contribution in [-0.4, -0.2) is 23.5 Å². The van der Waals surface area contributed by atoms with E-state index in [1.54, 1.807) is 0 Å². The Kier molecular flexibility index (Phi) is 6.75. The number of amides is 1. The lowest BCUT2D eigenvalue weighted by molar-refractivity contribution is -0.116. The molecule has 24 heavy (non-hydrogen) atoms. The van der Waals surface area contributed by atoms with Gasteiger partial charge in [-0.25, -0.2) is 4.98 Å². The molecule has 0 fully saturated rings. The molecule has 0 aliphatic carbocycles. The molecule has 0 saturated heterocycles. The van der Waals surface area contributed by atoms with Gasteiger partial charge in [0.15, 0.2) is 0 Å². The molecule has 0 spiro atoms. The summed E-state index contributed by atoms with van der Waals surface area (Å²) in [6, 6.07) is 14.5. The van der Waals surface area contributed by atoms with Gasteiger partial charge < -0.3 is 16.0 Å². The normalized spacial score (nSPS) is 10.7. The average molecular weight is 326 g/mol. The van der Waals surface area contributed by atoms with Gasteiger partial charge in [0.1, 0.15) is 5.82 Å². The lowest BCUT2D eigenvalue weighted by Crippen LogP contribution is -2.30. The summed E-state index contributed by atoms with van der Waals surface area (Å²) in [6.45, 7) is 5.65. The zero-order valence-corrected chi connectivity index (χ0v) is 14.4. The number of benzene rings is 1. The van der Waals surface area contributed by atoms with Gasteiger partial charge >= 0.3 is 0 Å². The van der Waals surface area contributed by atoms with Crippen molar-refractivity contribution < 1.29 is 4.79 Å². The van der Waals surface area contributed by atoms with Crippen LogP contribution in [0.1, 0.15) is 32.3 Å². The first-order chi connectivity index (χ1) is 11.6. The molecule has 0 saturated carbocycles.